The Morgan fingerprint density at radius 2 is 2.26 bits per heavy atom. The average molecular weight is 280 g/mol. The third-order valence-corrected chi connectivity index (χ3v) is 5.65. The summed E-state index contributed by atoms with van der Waals surface area (Å²) in [5.74, 6) is 0. The van der Waals surface area contributed by atoms with Crippen LogP contribution in [0.3, 0.4) is 0 Å². The molecule has 4 heteroatoms. The van der Waals surface area contributed by atoms with E-state index in [1.54, 1.807) is 11.3 Å². The molecule has 2 unspecified atom stereocenters. The Morgan fingerprint density at radius 3 is 2.95 bits per heavy atom. The van der Waals surface area contributed by atoms with Gasteiger partial charge in [-0.25, -0.2) is 4.98 Å². The predicted molar refractivity (Wildman–Crippen MR) is 78.6 cm³/mol. The molecule has 1 aromatic rings. The van der Waals surface area contributed by atoms with Crippen LogP contribution >= 0.6 is 11.3 Å². The van der Waals surface area contributed by atoms with Gasteiger partial charge >= 0.3 is 0 Å². The Labute approximate surface area is 119 Å². The average Bonchev–Trinajstić information content (AvgIpc) is 2.99. The number of hydrogen-bond donors (Lipinski definition) is 1. The summed E-state index contributed by atoms with van der Waals surface area (Å²) in [5.41, 5.74) is 1.34. The van der Waals surface area contributed by atoms with Crippen LogP contribution < -0.4 is 5.32 Å². The van der Waals surface area contributed by atoms with E-state index >= 15 is 0 Å². The summed E-state index contributed by atoms with van der Waals surface area (Å²) >= 11 is 1.77. The fraction of sp³-hybridized carbons (Fsp3) is 0.800. The third kappa shape index (κ3) is 3.01. The molecule has 19 heavy (non-hydrogen) atoms. The predicted octanol–water partition coefficient (Wildman–Crippen LogP) is 3.59. The van der Waals surface area contributed by atoms with Crippen LogP contribution in [-0.2, 0) is 4.74 Å². The zero-order valence-corrected chi connectivity index (χ0v) is 12.8. The summed E-state index contributed by atoms with van der Waals surface area (Å²) in [5, 5.41) is 7.11. The molecule has 1 aromatic heterocycles. The van der Waals surface area contributed by atoms with Crippen LogP contribution in [-0.4, -0.2) is 23.2 Å². The number of nitrogens with zero attached hydrogens (tertiary/aromatic N) is 1. The first kappa shape index (κ1) is 13.5. The minimum absolute atomic E-state index is 0.203. The fourth-order valence-electron chi connectivity index (χ4n) is 3.53. The Morgan fingerprint density at radius 1 is 1.47 bits per heavy atom. The van der Waals surface area contributed by atoms with Gasteiger partial charge in [-0.3, -0.25) is 0 Å². The smallest absolute Gasteiger partial charge is 0.110 e. The highest BCUT2D eigenvalue weighted by Gasteiger charge is 2.40. The molecule has 1 aliphatic heterocycles. The monoisotopic (exact) mass is 280 g/mol. The quantitative estimate of drug-likeness (QED) is 0.918. The number of ether oxygens (including phenoxy) is 1. The zero-order valence-electron chi connectivity index (χ0n) is 11.9. The molecule has 3 nitrogen and oxygen atoms in total. The van der Waals surface area contributed by atoms with Crippen LogP contribution in [0.4, 0.5) is 0 Å². The lowest BCUT2D eigenvalue weighted by atomic mass is 9.88. The molecule has 106 valence electrons. The van der Waals surface area contributed by atoms with E-state index in [4.69, 9.17) is 4.74 Å². The van der Waals surface area contributed by atoms with Crippen molar-refractivity contribution in [3.05, 3.63) is 16.1 Å². The third-order valence-electron chi connectivity index (χ3n) is 4.50. The lowest BCUT2D eigenvalue weighted by molar-refractivity contribution is -0.0846. The van der Waals surface area contributed by atoms with Gasteiger partial charge in [0.1, 0.15) is 5.01 Å². The zero-order chi connectivity index (χ0) is 13.3. The molecule has 1 spiro atoms. The first-order chi connectivity index (χ1) is 9.17. The van der Waals surface area contributed by atoms with Crippen molar-refractivity contribution in [3.63, 3.8) is 0 Å². The molecular weight excluding hydrogens is 256 g/mol. The van der Waals surface area contributed by atoms with Crippen molar-refractivity contribution < 1.29 is 4.74 Å². The van der Waals surface area contributed by atoms with E-state index < -0.39 is 0 Å². The maximum absolute atomic E-state index is 6.10. The molecule has 0 amide bonds. The van der Waals surface area contributed by atoms with Gasteiger partial charge in [-0.15, -0.1) is 11.3 Å². The molecule has 0 aromatic carbocycles. The van der Waals surface area contributed by atoms with E-state index in [0.717, 1.165) is 18.7 Å². The van der Waals surface area contributed by atoms with Crippen molar-refractivity contribution in [2.45, 2.75) is 70.1 Å². The lowest BCUT2D eigenvalue weighted by Gasteiger charge is -2.39. The minimum atomic E-state index is 0.203. The molecule has 2 atom stereocenters. The molecule has 2 fully saturated rings. The van der Waals surface area contributed by atoms with Gasteiger partial charge < -0.3 is 10.1 Å². The standard InChI is InChI=1S/C15H24N2OS/c1-11-10-19-14(16-11)12(2)17-13-5-8-18-15(9-13)6-3-4-7-15/h10,12-13,17H,3-9H2,1-2H3. The minimum Gasteiger partial charge on any atom is -0.375 e. The van der Waals surface area contributed by atoms with Crippen molar-refractivity contribution in [3.8, 4) is 0 Å². The Balaban J connectivity index is 1.60. The van der Waals surface area contributed by atoms with Gasteiger partial charge in [0.15, 0.2) is 0 Å². The van der Waals surface area contributed by atoms with Gasteiger partial charge in [-0.05, 0) is 39.5 Å². The maximum atomic E-state index is 6.10. The summed E-state index contributed by atoms with van der Waals surface area (Å²) in [7, 11) is 0. The van der Waals surface area contributed by atoms with Crippen LogP contribution in [0.2, 0.25) is 0 Å². The molecule has 0 bridgehead atoms. The largest absolute Gasteiger partial charge is 0.375 e. The molecule has 1 aliphatic carbocycles. The van der Waals surface area contributed by atoms with Gasteiger partial charge in [0.05, 0.1) is 11.6 Å². The van der Waals surface area contributed by atoms with Crippen molar-refractivity contribution in [2.75, 3.05) is 6.61 Å². The highest BCUT2D eigenvalue weighted by atomic mass is 32.1. The van der Waals surface area contributed by atoms with Crippen LogP contribution in [0, 0.1) is 6.92 Å². The van der Waals surface area contributed by atoms with E-state index in [1.807, 2.05) is 0 Å². The highest BCUT2D eigenvalue weighted by Crippen LogP contribution is 2.40. The van der Waals surface area contributed by atoms with Crippen LogP contribution in [0.25, 0.3) is 0 Å². The summed E-state index contributed by atoms with van der Waals surface area (Å²) in [6.07, 6.45) is 7.52. The van der Waals surface area contributed by atoms with Gasteiger partial charge in [0.2, 0.25) is 0 Å². The second-order valence-corrected chi connectivity index (χ2v) is 7.03. The summed E-state index contributed by atoms with van der Waals surface area (Å²) in [6.45, 7) is 5.21. The first-order valence-corrected chi connectivity index (χ1v) is 8.37. The van der Waals surface area contributed by atoms with E-state index in [9.17, 15) is 0 Å². The van der Waals surface area contributed by atoms with Crippen molar-refractivity contribution in [2.24, 2.45) is 0 Å². The van der Waals surface area contributed by atoms with Crippen molar-refractivity contribution in [1.29, 1.82) is 0 Å². The van der Waals surface area contributed by atoms with Crippen LogP contribution in [0.1, 0.15) is 62.2 Å². The van der Waals surface area contributed by atoms with Gasteiger partial charge in [-0.1, -0.05) is 12.8 Å². The Kier molecular flexibility index (Phi) is 3.92. The Bertz CT molecular complexity index is 426. The second-order valence-electron chi connectivity index (χ2n) is 6.14. The number of hydrogen-bond acceptors (Lipinski definition) is 4. The van der Waals surface area contributed by atoms with Crippen LogP contribution in [0.5, 0.6) is 0 Å². The highest BCUT2D eigenvalue weighted by molar-refractivity contribution is 7.09. The Hall–Kier alpha value is -0.450. The molecule has 1 N–H and O–H groups in total. The molecule has 1 saturated carbocycles. The topological polar surface area (TPSA) is 34.1 Å². The molecule has 3 rings (SSSR count). The second kappa shape index (κ2) is 5.51. The normalized spacial score (nSPS) is 27.8. The molecule has 2 heterocycles. The summed E-state index contributed by atoms with van der Waals surface area (Å²) < 4.78 is 6.10. The lowest BCUT2D eigenvalue weighted by Crippen LogP contribution is -2.46. The van der Waals surface area contributed by atoms with Gasteiger partial charge in [0, 0.05) is 23.7 Å². The fourth-order valence-corrected chi connectivity index (χ4v) is 4.35. The number of aromatic nitrogens is 1. The van der Waals surface area contributed by atoms with E-state index in [0.29, 0.717) is 12.1 Å². The van der Waals surface area contributed by atoms with E-state index in [2.05, 4.69) is 29.5 Å². The molecule has 1 saturated heterocycles. The molecule has 2 aliphatic rings. The molecular formula is C15H24N2OS. The first-order valence-electron chi connectivity index (χ1n) is 7.49. The van der Waals surface area contributed by atoms with Crippen LogP contribution in [0.15, 0.2) is 5.38 Å². The summed E-state index contributed by atoms with van der Waals surface area (Å²) in [6, 6.07) is 0.950. The maximum Gasteiger partial charge on any atom is 0.110 e. The molecule has 0 radical (unpaired) electrons. The van der Waals surface area contributed by atoms with E-state index in [1.165, 1.54) is 37.1 Å². The van der Waals surface area contributed by atoms with E-state index in [-0.39, 0.29) is 5.60 Å². The van der Waals surface area contributed by atoms with Gasteiger partial charge in [0.25, 0.3) is 0 Å². The number of thiazole rings is 1. The van der Waals surface area contributed by atoms with Crippen molar-refractivity contribution >= 4 is 11.3 Å². The number of nitrogens with one attached hydrogen (secondary N) is 1. The SMILES string of the molecule is Cc1csc(C(C)NC2CCOC3(CCCC3)C2)n1. The summed E-state index contributed by atoms with van der Waals surface area (Å²) in [4.78, 5) is 4.59. The van der Waals surface area contributed by atoms with Gasteiger partial charge in [-0.2, -0.15) is 0 Å². The number of rotatable bonds is 3. The number of aryl methyl sites for hydroxylation is 1. The van der Waals surface area contributed by atoms with Crippen molar-refractivity contribution in [1.82, 2.24) is 10.3 Å².